The summed E-state index contributed by atoms with van der Waals surface area (Å²) in [5.41, 5.74) is 3.91. The number of rotatable bonds is 5. The molecule has 2 heterocycles. The normalized spacial score (nSPS) is 20.2. The molecule has 1 N–H and O–H groups in total. The summed E-state index contributed by atoms with van der Waals surface area (Å²) >= 11 is 0. The van der Waals surface area contributed by atoms with Gasteiger partial charge in [-0.1, -0.05) is 54.1 Å². The maximum atomic E-state index is 13.0. The van der Waals surface area contributed by atoms with Crippen LogP contribution in [0.5, 0.6) is 0 Å². The van der Waals surface area contributed by atoms with E-state index in [1.807, 2.05) is 0 Å². The van der Waals surface area contributed by atoms with Crippen LogP contribution in [0.4, 0.5) is 13.2 Å². The maximum Gasteiger partial charge on any atom is 0.416 e. The van der Waals surface area contributed by atoms with Gasteiger partial charge in [-0.15, -0.1) is 0 Å². The molecule has 1 aromatic heterocycles. The zero-order valence-corrected chi connectivity index (χ0v) is 17.0. The van der Waals surface area contributed by atoms with E-state index in [1.165, 1.54) is 17.2 Å². The summed E-state index contributed by atoms with van der Waals surface area (Å²) in [5.74, 6) is 0.461. The van der Waals surface area contributed by atoms with Gasteiger partial charge in [-0.25, -0.2) is 4.98 Å². The molecule has 6 heteroatoms. The molecule has 1 atom stereocenters. The second-order valence-electron chi connectivity index (χ2n) is 8.07. The maximum absolute atomic E-state index is 13.0. The molecular weight excluding hydrogens is 387 g/mol. The van der Waals surface area contributed by atoms with Gasteiger partial charge in [0.15, 0.2) is 0 Å². The molecular formula is C24H26F3N3. The Morgan fingerprint density at radius 1 is 1.20 bits per heavy atom. The number of alkyl halides is 3. The summed E-state index contributed by atoms with van der Waals surface area (Å²) in [7, 11) is 0. The fourth-order valence-corrected chi connectivity index (χ4v) is 3.95. The van der Waals surface area contributed by atoms with Crippen molar-refractivity contribution in [2.75, 3.05) is 19.6 Å². The van der Waals surface area contributed by atoms with Crippen LogP contribution in [0.1, 0.15) is 41.4 Å². The Morgan fingerprint density at radius 3 is 2.70 bits per heavy atom. The van der Waals surface area contributed by atoms with Crippen molar-refractivity contribution in [1.29, 1.82) is 0 Å². The molecule has 1 aliphatic heterocycles. The highest BCUT2D eigenvalue weighted by Crippen LogP contribution is 2.35. The Bertz CT molecular complexity index is 964. The molecule has 0 amide bonds. The van der Waals surface area contributed by atoms with Crippen molar-refractivity contribution >= 4 is 5.57 Å². The Labute approximate surface area is 175 Å². The highest BCUT2D eigenvalue weighted by Gasteiger charge is 2.34. The lowest BCUT2D eigenvalue weighted by atomic mass is 9.93. The molecule has 3 nitrogen and oxygen atoms in total. The minimum Gasteiger partial charge on any atom is -0.342 e. The summed E-state index contributed by atoms with van der Waals surface area (Å²) in [6, 6.07) is 8.66. The van der Waals surface area contributed by atoms with Gasteiger partial charge in [0.2, 0.25) is 0 Å². The monoisotopic (exact) mass is 413 g/mol. The molecule has 0 saturated heterocycles. The third kappa shape index (κ3) is 4.93. The fourth-order valence-electron chi connectivity index (χ4n) is 3.95. The molecule has 158 valence electrons. The van der Waals surface area contributed by atoms with Crippen molar-refractivity contribution in [2.45, 2.75) is 38.3 Å². The summed E-state index contributed by atoms with van der Waals surface area (Å²) in [4.78, 5) is 10.1. The van der Waals surface area contributed by atoms with Crippen LogP contribution < -0.4 is 0 Å². The largest absolute Gasteiger partial charge is 0.416 e. The van der Waals surface area contributed by atoms with Crippen LogP contribution >= 0.6 is 0 Å². The van der Waals surface area contributed by atoms with Gasteiger partial charge in [0.25, 0.3) is 0 Å². The van der Waals surface area contributed by atoms with E-state index in [0.29, 0.717) is 6.42 Å². The van der Waals surface area contributed by atoms with Gasteiger partial charge in [-0.3, -0.25) is 4.90 Å². The van der Waals surface area contributed by atoms with Gasteiger partial charge in [-0.2, -0.15) is 13.2 Å². The lowest BCUT2D eigenvalue weighted by Crippen LogP contribution is -2.30. The number of nitrogens with one attached hydrogen (secondary N) is 1. The SMILES string of the molecule is Cc1ccc(CCN2CC=C(c3ncc(C4C=C(C(F)(F)F)C=CC4)[nH]3)CC2)cc1. The molecule has 0 bridgehead atoms. The highest BCUT2D eigenvalue weighted by atomic mass is 19.4. The summed E-state index contributed by atoms with van der Waals surface area (Å²) in [6.45, 7) is 4.92. The molecule has 0 radical (unpaired) electrons. The summed E-state index contributed by atoms with van der Waals surface area (Å²) in [6.07, 6.45) is 6.03. The van der Waals surface area contributed by atoms with Crippen LogP contribution in [-0.4, -0.2) is 40.7 Å². The van der Waals surface area contributed by atoms with Crippen LogP contribution in [0.25, 0.3) is 5.57 Å². The summed E-state index contributed by atoms with van der Waals surface area (Å²) in [5, 5.41) is 0. The van der Waals surface area contributed by atoms with Gasteiger partial charge in [0.1, 0.15) is 5.82 Å². The van der Waals surface area contributed by atoms with Gasteiger partial charge < -0.3 is 4.98 Å². The molecule has 1 unspecified atom stereocenters. The van der Waals surface area contributed by atoms with E-state index in [4.69, 9.17) is 0 Å². The molecule has 2 aliphatic rings. The first kappa shape index (κ1) is 20.7. The quantitative estimate of drug-likeness (QED) is 0.694. The lowest BCUT2D eigenvalue weighted by molar-refractivity contribution is -0.0887. The first-order valence-corrected chi connectivity index (χ1v) is 10.4. The summed E-state index contributed by atoms with van der Waals surface area (Å²) < 4.78 is 39.0. The Kier molecular flexibility index (Phi) is 5.95. The minimum absolute atomic E-state index is 0.317. The van der Waals surface area contributed by atoms with E-state index in [2.05, 4.69) is 52.1 Å². The van der Waals surface area contributed by atoms with Gasteiger partial charge in [-0.05, 0) is 37.3 Å². The van der Waals surface area contributed by atoms with Crippen LogP contribution in [0.15, 0.2) is 60.3 Å². The van der Waals surface area contributed by atoms with Crippen LogP contribution in [-0.2, 0) is 6.42 Å². The minimum atomic E-state index is -4.31. The number of hydrogen-bond acceptors (Lipinski definition) is 2. The number of benzene rings is 1. The molecule has 1 aromatic carbocycles. The number of hydrogen-bond donors (Lipinski definition) is 1. The van der Waals surface area contributed by atoms with Crippen molar-refractivity contribution < 1.29 is 13.2 Å². The zero-order valence-electron chi connectivity index (χ0n) is 17.0. The van der Waals surface area contributed by atoms with Crippen LogP contribution in [0.3, 0.4) is 0 Å². The molecule has 4 rings (SSSR count). The van der Waals surface area contributed by atoms with E-state index < -0.39 is 11.7 Å². The van der Waals surface area contributed by atoms with Crippen molar-refractivity contribution in [3.63, 3.8) is 0 Å². The lowest BCUT2D eigenvalue weighted by Gasteiger charge is -2.25. The molecule has 30 heavy (non-hydrogen) atoms. The fraction of sp³-hybridized carbons (Fsp3) is 0.375. The van der Waals surface area contributed by atoms with E-state index >= 15 is 0 Å². The zero-order chi connectivity index (χ0) is 21.1. The number of aryl methyl sites for hydroxylation is 1. The number of nitrogens with zero attached hydrogens (tertiary/aromatic N) is 2. The number of aromatic nitrogens is 2. The first-order valence-electron chi connectivity index (χ1n) is 10.4. The van der Waals surface area contributed by atoms with Gasteiger partial charge >= 0.3 is 6.18 Å². The average molecular weight is 413 g/mol. The third-order valence-electron chi connectivity index (χ3n) is 5.83. The third-order valence-corrected chi connectivity index (χ3v) is 5.83. The predicted molar refractivity (Wildman–Crippen MR) is 113 cm³/mol. The second kappa shape index (κ2) is 8.64. The van der Waals surface area contributed by atoms with Crippen molar-refractivity contribution in [2.24, 2.45) is 0 Å². The highest BCUT2D eigenvalue weighted by molar-refractivity contribution is 5.61. The van der Waals surface area contributed by atoms with Crippen molar-refractivity contribution in [1.82, 2.24) is 14.9 Å². The van der Waals surface area contributed by atoms with Crippen LogP contribution in [0, 0.1) is 6.92 Å². The second-order valence-corrected chi connectivity index (χ2v) is 8.07. The number of halogens is 3. The van der Waals surface area contributed by atoms with Crippen molar-refractivity contribution in [3.05, 3.63) is 83.0 Å². The molecule has 1 aliphatic carbocycles. The Morgan fingerprint density at radius 2 is 2.00 bits per heavy atom. The van der Waals surface area contributed by atoms with E-state index in [9.17, 15) is 13.2 Å². The van der Waals surface area contributed by atoms with E-state index in [-0.39, 0.29) is 5.92 Å². The number of H-pyrrole nitrogens is 1. The Hall–Kier alpha value is -2.60. The molecule has 0 spiro atoms. The molecule has 2 aromatic rings. The van der Waals surface area contributed by atoms with Crippen molar-refractivity contribution in [3.8, 4) is 0 Å². The smallest absolute Gasteiger partial charge is 0.342 e. The van der Waals surface area contributed by atoms with Gasteiger partial charge in [0.05, 0.1) is 5.57 Å². The Balaban J connectivity index is 1.36. The predicted octanol–water partition coefficient (Wildman–Crippen LogP) is 5.58. The topological polar surface area (TPSA) is 31.9 Å². The van der Waals surface area contributed by atoms with Crippen LogP contribution in [0.2, 0.25) is 0 Å². The molecule has 0 fully saturated rings. The van der Waals surface area contributed by atoms with Gasteiger partial charge in [0, 0.05) is 37.4 Å². The first-order chi connectivity index (χ1) is 14.4. The number of aromatic amines is 1. The molecule has 0 saturated carbocycles. The average Bonchev–Trinajstić information content (AvgIpc) is 3.24. The van der Waals surface area contributed by atoms with E-state index in [1.54, 1.807) is 12.3 Å². The number of allylic oxidation sites excluding steroid dienone is 4. The standard InChI is InChI=1S/C24H26F3N3/c1-17-5-7-18(8-6-17)9-12-30-13-10-19(11-14-30)23-28-16-22(29-23)20-3-2-4-21(15-20)24(25,26)27/h2,4-8,10,15-16,20H,3,9,11-14H2,1H3,(H,28,29). The van der Waals surface area contributed by atoms with E-state index in [0.717, 1.165) is 55.6 Å². The number of imidazole rings is 1.